The molecule has 104 valence electrons. The molecule has 2 aromatic rings. The third-order valence-corrected chi connectivity index (χ3v) is 3.40. The second-order valence-electron chi connectivity index (χ2n) is 4.51. The first-order valence-electron chi connectivity index (χ1n) is 6.34. The minimum atomic E-state index is -0.0623. The van der Waals surface area contributed by atoms with Gasteiger partial charge in [-0.15, -0.1) is 0 Å². The molecule has 0 atom stereocenters. The summed E-state index contributed by atoms with van der Waals surface area (Å²) >= 11 is 3.33. The molecule has 0 aliphatic heterocycles. The lowest BCUT2D eigenvalue weighted by Gasteiger charge is -2.13. The zero-order valence-electron chi connectivity index (χ0n) is 11.2. The summed E-state index contributed by atoms with van der Waals surface area (Å²) in [5.74, 6) is 0.407. The van der Waals surface area contributed by atoms with Crippen LogP contribution in [0.1, 0.15) is 22.8 Å². The highest BCUT2D eigenvalue weighted by Crippen LogP contribution is 2.31. The average Bonchev–Trinajstić information content (AvgIpc) is 2.41. The van der Waals surface area contributed by atoms with E-state index in [0.717, 1.165) is 10.9 Å². The number of hydrogen-bond donors (Lipinski definition) is 1. The Hall–Kier alpha value is -1.81. The summed E-state index contributed by atoms with van der Waals surface area (Å²) in [5, 5.41) is 0. The Morgan fingerprint density at radius 3 is 2.60 bits per heavy atom. The van der Waals surface area contributed by atoms with Gasteiger partial charge in [-0.25, -0.2) is 0 Å². The summed E-state index contributed by atoms with van der Waals surface area (Å²) in [5.41, 5.74) is 8.09. The molecule has 2 rings (SSSR count). The zero-order valence-corrected chi connectivity index (χ0v) is 12.8. The number of benzene rings is 2. The smallest absolute Gasteiger partial charge is 0.163 e. The Labute approximate surface area is 126 Å². The first-order valence-corrected chi connectivity index (χ1v) is 7.14. The summed E-state index contributed by atoms with van der Waals surface area (Å²) in [7, 11) is 0. The van der Waals surface area contributed by atoms with Gasteiger partial charge in [-0.05, 0) is 24.6 Å². The van der Waals surface area contributed by atoms with Crippen LogP contribution in [0.5, 0.6) is 5.75 Å². The minimum absolute atomic E-state index is 0.0623. The SMILES string of the molecule is CC(=O)c1cc(Br)cc(N)c1OCCc1ccccc1. The molecule has 3 nitrogen and oxygen atoms in total. The van der Waals surface area contributed by atoms with Gasteiger partial charge in [0.1, 0.15) is 0 Å². The lowest BCUT2D eigenvalue weighted by molar-refractivity contribution is 0.101. The van der Waals surface area contributed by atoms with Crippen molar-refractivity contribution in [2.45, 2.75) is 13.3 Å². The van der Waals surface area contributed by atoms with Crippen LogP contribution in [0.2, 0.25) is 0 Å². The van der Waals surface area contributed by atoms with Gasteiger partial charge >= 0.3 is 0 Å². The van der Waals surface area contributed by atoms with Crippen LogP contribution in [0.15, 0.2) is 46.9 Å². The second-order valence-corrected chi connectivity index (χ2v) is 5.43. The van der Waals surface area contributed by atoms with Gasteiger partial charge in [0.15, 0.2) is 11.5 Å². The number of anilines is 1. The molecule has 0 spiro atoms. The van der Waals surface area contributed by atoms with Crippen molar-refractivity contribution < 1.29 is 9.53 Å². The van der Waals surface area contributed by atoms with E-state index in [1.807, 2.05) is 30.3 Å². The molecule has 0 fully saturated rings. The summed E-state index contributed by atoms with van der Waals surface area (Å²) < 4.78 is 6.50. The molecule has 20 heavy (non-hydrogen) atoms. The molecule has 2 aromatic carbocycles. The Bertz CT molecular complexity index is 611. The van der Waals surface area contributed by atoms with Crippen LogP contribution in [-0.4, -0.2) is 12.4 Å². The quantitative estimate of drug-likeness (QED) is 0.667. The maximum absolute atomic E-state index is 11.6. The molecule has 4 heteroatoms. The number of ketones is 1. The topological polar surface area (TPSA) is 52.3 Å². The summed E-state index contributed by atoms with van der Waals surface area (Å²) in [4.78, 5) is 11.6. The van der Waals surface area contributed by atoms with E-state index in [1.54, 1.807) is 12.1 Å². The van der Waals surface area contributed by atoms with Crippen molar-refractivity contribution in [3.05, 3.63) is 58.1 Å². The standard InChI is InChI=1S/C16H16BrNO2/c1-11(19)14-9-13(17)10-15(18)16(14)20-8-7-12-5-3-2-4-6-12/h2-6,9-10H,7-8,18H2,1H3. The number of rotatable bonds is 5. The lowest BCUT2D eigenvalue weighted by atomic mass is 10.1. The molecule has 0 saturated carbocycles. The molecular formula is C16H16BrNO2. The van der Waals surface area contributed by atoms with Gasteiger partial charge in [-0.1, -0.05) is 46.3 Å². The first-order chi connectivity index (χ1) is 9.58. The van der Waals surface area contributed by atoms with Crippen LogP contribution in [0, 0.1) is 0 Å². The summed E-state index contributed by atoms with van der Waals surface area (Å²) in [6.07, 6.45) is 0.772. The normalized spacial score (nSPS) is 10.3. The molecule has 0 aromatic heterocycles. The van der Waals surface area contributed by atoms with E-state index in [1.165, 1.54) is 12.5 Å². The van der Waals surface area contributed by atoms with E-state index in [-0.39, 0.29) is 5.78 Å². The third kappa shape index (κ3) is 3.61. The van der Waals surface area contributed by atoms with Crippen LogP contribution in [-0.2, 0) is 6.42 Å². The molecule has 0 unspecified atom stereocenters. The molecule has 0 radical (unpaired) electrons. The zero-order chi connectivity index (χ0) is 14.5. The van der Waals surface area contributed by atoms with Crippen molar-refractivity contribution in [1.29, 1.82) is 0 Å². The Morgan fingerprint density at radius 2 is 1.95 bits per heavy atom. The van der Waals surface area contributed by atoms with Gasteiger partial charge in [0, 0.05) is 10.9 Å². The van der Waals surface area contributed by atoms with Gasteiger partial charge in [-0.3, -0.25) is 4.79 Å². The van der Waals surface area contributed by atoms with Crippen molar-refractivity contribution >= 4 is 27.4 Å². The molecule has 0 aliphatic rings. The van der Waals surface area contributed by atoms with Crippen molar-refractivity contribution in [3.63, 3.8) is 0 Å². The highest BCUT2D eigenvalue weighted by atomic mass is 79.9. The van der Waals surface area contributed by atoms with E-state index >= 15 is 0 Å². The molecule has 2 N–H and O–H groups in total. The van der Waals surface area contributed by atoms with Crippen molar-refractivity contribution in [2.24, 2.45) is 0 Å². The largest absolute Gasteiger partial charge is 0.490 e. The number of halogens is 1. The second kappa shape index (κ2) is 6.57. The monoisotopic (exact) mass is 333 g/mol. The Kier molecular flexibility index (Phi) is 4.79. The maximum Gasteiger partial charge on any atom is 0.163 e. The number of carbonyl (C=O) groups excluding carboxylic acids is 1. The molecule has 0 aliphatic carbocycles. The van der Waals surface area contributed by atoms with E-state index < -0.39 is 0 Å². The minimum Gasteiger partial charge on any atom is -0.490 e. The van der Waals surface area contributed by atoms with E-state index in [9.17, 15) is 4.79 Å². The van der Waals surface area contributed by atoms with Crippen LogP contribution < -0.4 is 10.5 Å². The molecule has 0 amide bonds. The van der Waals surface area contributed by atoms with Crippen LogP contribution in [0.25, 0.3) is 0 Å². The molecular weight excluding hydrogens is 318 g/mol. The first kappa shape index (κ1) is 14.6. The predicted molar refractivity (Wildman–Crippen MR) is 84.2 cm³/mol. The molecule has 0 heterocycles. The maximum atomic E-state index is 11.6. The molecule has 0 bridgehead atoms. The summed E-state index contributed by atoms with van der Waals surface area (Å²) in [6.45, 7) is 1.99. The Morgan fingerprint density at radius 1 is 1.25 bits per heavy atom. The Balaban J connectivity index is 2.11. The van der Waals surface area contributed by atoms with E-state index in [4.69, 9.17) is 10.5 Å². The fourth-order valence-electron chi connectivity index (χ4n) is 1.95. The number of nitrogen functional groups attached to an aromatic ring is 1. The van der Waals surface area contributed by atoms with E-state index in [2.05, 4.69) is 15.9 Å². The predicted octanol–water partition coefficient (Wildman–Crippen LogP) is 3.86. The number of ether oxygens (including phenoxy) is 1. The van der Waals surface area contributed by atoms with Crippen LogP contribution >= 0.6 is 15.9 Å². The van der Waals surface area contributed by atoms with Gasteiger partial charge in [-0.2, -0.15) is 0 Å². The van der Waals surface area contributed by atoms with Crippen LogP contribution in [0.3, 0.4) is 0 Å². The number of carbonyl (C=O) groups is 1. The highest BCUT2D eigenvalue weighted by molar-refractivity contribution is 9.10. The van der Waals surface area contributed by atoms with Gasteiger partial charge < -0.3 is 10.5 Å². The average molecular weight is 334 g/mol. The number of nitrogens with two attached hydrogens (primary N) is 1. The van der Waals surface area contributed by atoms with Crippen molar-refractivity contribution in [1.82, 2.24) is 0 Å². The van der Waals surface area contributed by atoms with Gasteiger partial charge in [0.05, 0.1) is 17.9 Å². The van der Waals surface area contributed by atoms with Crippen LogP contribution in [0.4, 0.5) is 5.69 Å². The fourth-order valence-corrected chi connectivity index (χ4v) is 2.43. The fraction of sp³-hybridized carbons (Fsp3) is 0.188. The number of hydrogen-bond acceptors (Lipinski definition) is 3. The van der Waals surface area contributed by atoms with Gasteiger partial charge in [0.2, 0.25) is 0 Å². The summed E-state index contributed by atoms with van der Waals surface area (Å²) in [6, 6.07) is 13.5. The molecule has 0 saturated heterocycles. The highest BCUT2D eigenvalue weighted by Gasteiger charge is 2.13. The lowest BCUT2D eigenvalue weighted by Crippen LogP contribution is -2.08. The number of Topliss-reactive ketones (excluding diaryl/α,β-unsaturated/α-hetero) is 1. The van der Waals surface area contributed by atoms with Crippen molar-refractivity contribution in [3.8, 4) is 5.75 Å². The van der Waals surface area contributed by atoms with E-state index in [0.29, 0.717) is 23.6 Å². The van der Waals surface area contributed by atoms with Crippen molar-refractivity contribution in [2.75, 3.05) is 12.3 Å². The third-order valence-electron chi connectivity index (χ3n) is 2.94. The van der Waals surface area contributed by atoms with Gasteiger partial charge in [0.25, 0.3) is 0 Å².